The summed E-state index contributed by atoms with van der Waals surface area (Å²) in [6.07, 6.45) is -1.15. The highest BCUT2D eigenvalue weighted by Gasteiger charge is 2.33. The Bertz CT molecular complexity index is 1530. The van der Waals surface area contributed by atoms with E-state index in [1.54, 1.807) is 54.2 Å². The number of rotatable bonds is 12. The van der Waals surface area contributed by atoms with Gasteiger partial charge in [0, 0.05) is 56.6 Å². The number of pyridine rings is 1. The Hall–Kier alpha value is -4.16. The van der Waals surface area contributed by atoms with E-state index in [9.17, 15) is 18.0 Å². The van der Waals surface area contributed by atoms with Gasteiger partial charge in [-0.3, -0.25) is 4.79 Å². The quantitative estimate of drug-likeness (QED) is 0.166. The highest BCUT2D eigenvalue weighted by Crippen LogP contribution is 2.35. The third-order valence-electron chi connectivity index (χ3n) is 6.73. The molecule has 0 atom stereocenters. The fourth-order valence-corrected chi connectivity index (χ4v) is 4.38. The van der Waals surface area contributed by atoms with Gasteiger partial charge in [-0.25, -0.2) is 9.97 Å². The molecule has 0 radical (unpaired) electrons. The number of likely N-dealkylation sites (N-methyl/N-ethyl adjacent to an activating group) is 1. The number of nitrogens with zero attached hydrogens (tertiary/aromatic N) is 3. The average Bonchev–Trinajstić information content (AvgIpc) is 3.75. The number of fused-ring (bicyclic) bond motifs is 1. The maximum absolute atomic E-state index is 13.9. The van der Waals surface area contributed by atoms with Crippen molar-refractivity contribution in [1.82, 2.24) is 25.2 Å². The standard InChI is InChI=1S/C29H32F3N7O2/c1-3-33-12-13-34-17-19-6-7-20(14-23(19)29(30,31)32)36-28-37-24-9-8-21(15-25(24)39(28)2)41-22-10-11-35-26(16-22)38-27(40)18-4-5-18/h6-11,14-16,18,33-34H,3-5,12-13,17H2,1-2H3,(H,36,37)(H,35,38,40). The van der Waals surface area contributed by atoms with Crippen LogP contribution in [-0.2, 0) is 24.6 Å². The van der Waals surface area contributed by atoms with E-state index in [0.29, 0.717) is 41.9 Å². The molecule has 2 aromatic heterocycles. The summed E-state index contributed by atoms with van der Waals surface area (Å²) in [5.74, 6) is 1.85. The van der Waals surface area contributed by atoms with Crippen LogP contribution < -0.4 is 26.0 Å². The van der Waals surface area contributed by atoms with Gasteiger partial charge in [-0.05, 0) is 55.3 Å². The Morgan fingerprint density at radius 2 is 1.83 bits per heavy atom. The fraction of sp³-hybridized carbons (Fsp3) is 0.345. The maximum atomic E-state index is 13.9. The smallest absolute Gasteiger partial charge is 0.416 e. The Kier molecular flexibility index (Phi) is 8.41. The van der Waals surface area contributed by atoms with Crippen LogP contribution >= 0.6 is 0 Å². The predicted molar refractivity (Wildman–Crippen MR) is 151 cm³/mol. The molecule has 0 unspecified atom stereocenters. The van der Waals surface area contributed by atoms with Crippen molar-refractivity contribution in [3.63, 3.8) is 0 Å². The number of nitrogens with one attached hydrogen (secondary N) is 4. The molecule has 2 heterocycles. The molecule has 0 spiro atoms. The van der Waals surface area contributed by atoms with Crippen LogP contribution in [0.3, 0.4) is 0 Å². The number of aryl methyl sites for hydroxylation is 1. The fourth-order valence-electron chi connectivity index (χ4n) is 4.38. The summed E-state index contributed by atoms with van der Waals surface area (Å²) in [6.45, 7) is 4.14. The molecule has 1 fully saturated rings. The first kappa shape index (κ1) is 28.4. The van der Waals surface area contributed by atoms with Crippen LogP contribution in [0.2, 0.25) is 0 Å². The van der Waals surface area contributed by atoms with E-state index in [4.69, 9.17) is 4.74 Å². The van der Waals surface area contributed by atoms with Crippen LogP contribution in [0.15, 0.2) is 54.7 Å². The predicted octanol–water partition coefficient (Wildman–Crippen LogP) is 5.57. The van der Waals surface area contributed by atoms with E-state index in [1.807, 2.05) is 6.92 Å². The van der Waals surface area contributed by atoms with Crippen LogP contribution in [0.25, 0.3) is 11.0 Å². The summed E-state index contributed by atoms with van der Waals surface area (Å²) in [5, 5.41) is 12.0. The van der Waals surface area contributed by atoms with Gasteiger partial charge in [0.05, 0.1) is 16.6 Å². The number of halogens is 3. The number of benzene rings is 2. The Morgan fingerprint density at radius 3 is 2.59 bits per heavy atom. The van der Waals surface area contributed by atoms with Gasteiger partial charge in [0.2, 0.25) is 11.9 Å². The Morgan fingerprint density at radius 1 is 1.05 bits per heavy atom. The second-order valence-electron chi connectivity index (χ2n) is 9.91. The van der Waals surface area contributed by atoms with Gasteiger partial charge in [0.1, 0.15) is 17.3 Å². The number of carbonyl (C=O) groups is 1. The van der Waals surface area contributed by atoms with Gasteiger partial charge >= 0.3 is 6.18 Å². The summed E-state index contributed by atoms with van der Waals surface area (Å²) in [4.78, 5) is 20.8. The van der Waals surface area contributed by atoms with Gasteiger partial charge < -0.3 is 30.6 Å². The minimum Gasteiger partial charge on any atom is -0.457 e. The number of aromatic nitrogens is 3. The molecule has 1 aliphatic rings. The van der Waals surface area contributed by atoms with E-state index in [-0.39, 0.29) is 29.6 Å². The molecule has 0 bridgehead atoms. The molecule has 0 aliphatic heterocycles. The number of hydrogen-bond acceptors (Lipinski definition) is 7. The highest BCUT2D eigenvalue weighted by molar-refractivity contribution is 5.93. The molecular weight excluding hydrogens is 535 g/mol. The van der Waals surface area contributed by atoms with Crippen LogP contribution in [0.1, 0.15) is 30.9 Å². The molecule has 12 heteroatoms. The lowest BCUT2D eigenvalue weighted by Gasteiger charge is -2.16. The second-order valence-corrected chi connectivity index (χ2v) is 9.91. The van der Waals surface area contributed by atoms with E-state index in [0.717, 1.165) is 31.0 Å². The van der Waals surface area contributed by atoms with Crippen LogP contribution in [0, 0.1) is 5.92 Å². The monoisotopic (exact) mass is 567 g/mol. The van der Waals surface area contributed by atoms with Crippen molar-refractivity contribution in [3.8, 4) is 11.5 Å². The van der Waals surface area contributed by atoms with E-state index in [2.05, 4.69) is 31.2 Å². The molecule has 1 saturated carbocycles. The normalized spacial score (nSPS) is 13.4. The van der Waals surface area contributed by atoms with Gasteiger partial charge in [-0.2, -0.15) is 13.2 Å². The highest BCUT2D eigenvalue weighted by atomic mass is 19.4. The number of amides is 1. The summed E-state index contributed by atoms with van der Waals surface area (Å²) in [6, 6.07) is 12.9. The van der Waals surface area contributed by atoms with Crippen molar-refractivity contribution in [2.24, 2.45) is 13.0 Å². The molecule has 41 heavy (non-hydrogen) atoms. The van der Waals surface area contributed by atoms with Crippen molar-refractivity contribution in [3.05, 3.63) is 65.9 Å². The van der Waals surface area contributed by atoms with Crippen LogP contribution in [-0.4, -0.2) is 40.1 Å². The lowest BCUT2D eigenvalue weighted by Crippen LogP contribution is -2.27. The third kappa shape index (κ3) is 7.14. The summed E-state index contributed by atoms with van der Waals surface area (Å²) < 4.78 is 49.3. The minimum absolute atomic E-state index is 0.0420. The van der Waals surface area contributed by atoms with E-state index in [1.165, 1.54) is 6.07 Å². The Balaban J connectivity index is 1.30. The van der Waals surface area contributed by atoms with E-state index < -0.39 is 11.7 Å². The zero-order valence-electron chi connectivity index (χ0n) is 22.8. The largest absolute Gasteiger partial charge is 0.457 e. The first-order valence-electron chi connectivity index (χ1n) is 13.5. The molecule has 1 aliphatic carbocycles. The van der Waals surface area contributed by atoms with Crippen molar-refractivity contribution >= 4 is 34.4 Å². The first-order chi connectivity index (χ1) is 19.7. The molecule has 216 valence electrons. The number of hydrogen-bond donors (Lipinski definition) is 4. The number of imidazole rings is 1. The molecule has 4 N–H and O–H groups in total. The van der Waals surface area contributed by atoms with Gasteiger partial charge in [0.25, 0.3) is 0 Å². The summed E-state index contributed by atoms with van der Waals surface area (Å²) in [7, 11) is 1.77. The molecule has 1 amide bonds. The van der Waals surface area contributed by atoms with Crippen molar-refractivity contribution in [1.29, 1.82) is 0 Å². The van der Waals surface area contributed by atoms with Gasteiger partial charge in [-0.15, -0.1) is 0 Å². The zero-order valence-corrected chi connectivity index (χ0v) is 22.8. The van der Waals surface area contributed by atoms with Gasteiger partial charge in [-0.1, -0.05) is 13.0 Å². The van der Waals surface area contributed by atoms with Crippen molar-refractivity contribution in [2.75, 3.05) is 30.3 Å². The molecule has 9 nitrogen and oxygen atoms in total. The SMILES string of the molecule is CCNCCNCc1ccc(Nc2nc3ccc(Oc4ccnc(NC(=O)C5CC5)c4)cc3n2C)cc1C(F)(F)F. The van der Waals surface area contributed by atoms with Crippen molar-refractivity contribution < 1.29 is 22.7 Å². The number of carbonyl (C=O) groups excluding carboxylic acids is 1. The molecule has 0 saturated heterocycles. The lowest BCUT2D eigenvalue weighted by atomic mass is 10.1. The molecule has 5 rings (SSSR count). The average molecular weight is 568 g/mol. The second kappa shape index (κ2) is 12.1. The lowest BCUT2D eigenvalue weighted by molar-refractivity contribution is -0.138. The first-order valence-corrected chi connectivity index (χ1v) is 13.5. The summed E-state index contributed by atoms with van der Waals surface area (Å²) >= 11 is 0. The van der Waals surface area contributed by atoms with Crippen LogP contribution in [0.4, 0.5) is 30.6 Å². The topological polar surface area (TPSA) is 105 Å². The van der Waals surface area contributed by atoms with Crippen molar-refractivity contribution in [2.45, 2.75) is 32.5 Å². The molecule has 4 aromatic rings. The zero-order chi connectivity index (χ0) is 29.0. The number of ether oxygens (including phenoxy) is 1. The molecular formula is C29H32F3N7O2. The van der Waals surface area contributed by atoms with Crippen LogP contribution in [0.5, 0.6) is 11.5 Å². The minimum atomic E-state index is -4.50. The Labute approximate surface area is 235 Å². The third-order valence-corrected chi connectivity index (χ3v) is 6.73. The summed E-state index contributed by atoms with van der Waals surface area (Å²) in [5.41, 5.74) is 1.13. The number of alkyl halides is 3. The number of anilines is 3. The van der Waals surface area contributed by atoms with E-state index >= 15 is 0 Å². The van der Waals surface area contributed by atoms with Gasteiger partial charge in [0.15, 0.2) is 0 Å². The maximum Gasteiger partial charge on any atom is 0.416 e. The molecule has 2 aromatic carbocycles.